The highest BCUT2D eigenvalue weighted by molar-refractivity contribution is 9.09. The number of phosphoric ester groups is 1. The molecule has 0 radical (unpaired) electrons. The minimum absolute atomic E-state index is 0.141. The highest BCUT2D eigenvalue weighted by atomic mass is 79.9. The molecule has 0 aromatic carbocycles. The highest BCUT2D eigenvalue weighted by Gasteiger charge is 2.35. The van der Waals surface area contributed by atoms with E-state index in [0.717, 1.165) is 0 Å². The van der Waals surface area contributed by atoms with Gasteiger partial charge in [0.05, 0.1) is 36.0 Å². The summed E-state index contributed by atoms with van der Waals surface area (Å²) in [5.74, 6) is 0.422. The Labute approximate surface area is 159 Å². The van der Waals surface area contributed by atoms with Gasteiger partial charge in [-0.1, -0.05) is 47.8 Å². The lowest BCUT2D eigenvalue weighted by molar-refractivity contribution is 0.0622. The molecule has 0 rings (SSSR count). The second-order valence-corrected chi connectivity index (χ2v) is 7.95. The lowest BCUT2D eigenvalue weighted by Gasteiger charge is -2.27. The van der Waals surface area contributed by atoms with Gasteiger partial charge in [-0.25, -0.2) is 4.57 Å². The van der Waals surface area contributed by atoms with E-state index in [4.69, 9.17) is 48.4 Å². The standard InChI is InChI=1S/C9H15Br3Cl3O4P/c10-1-7(4-13)17-20(16,18-8(2-11)5-14)19-9(3-12)6-15/h7-9H,1-6H2/t7-,8-,9-/m1/s1. The molecule has 0 aromatic rings. The number of hydrogen-bond acceptors (Lipinski definition) is 4. The summed E-state index contributed by atoms with van der Waals surface area (Å²) < 4.78 is 28.8. The van der Waals surface area contributed by atoms with Crippen LogP contribution in [0.4, 0.5) is 0 Å². The third-order valence-electron chi connectivity index (χ3n) is 1.87. The highest BCUT2D eigenvalue weighted by Crippen LogP contribution is 2.53. The molecule has 0 heterocycles. The maximum Gasteiger partial charge on any atom is 0.475 e. The zero-order chi connectivity index (χ0) is 15.6. The van der Waals surface area contributed by atoms with Gasteiger partial charge in [0.1, 0.15) is 0 Å². The fourth-order valence-electron chi connectivity index (χ4n) is 0.915. The Bertz CT molecular complexity index is 249. The Morgan fingerprint density at radius 2 is 1.00 bits per heavy atom. The molecule has 0 N–H and O–H groups in total. The third kappa shape index (κ3) is 8.90. The maximum absolute atomic E-state index is 12.7. The van der Waals surface area contributed by atoms with E-state index >= 15 is 0 Å². The van der Waals surface area contributed by atoms with Gasteiger partial charge in [-0.3, -0.25) is 13.6 Å². The van der Waals surface area contributed by atoms with Crippen LogP contribution in [0.1, 0.15) is 0 Å². The van der Waals surface area contributed by atoms with Gasteiger partial charge < -0.3 is 0 Å². The van der Waals surface area contributed by atoms with Gasteiger partial charge in [0, 0.05) is 16.0 Å². The summed E-state index contributed by atoms with van der Waals surface area (Å²) in [5.41, 5.74) is 0. The average Bonchev–Trinajstić information content (AvgIpc) is 2.48. The first-order chi connectivity index (χ1) is 9.48. The van der Waals surface area contributed by atoms with E-state index < -0.39 is 26.1 Å². The number of halogens is 6. The van der Waals surface area contributed by atoms with Gasteiger partial charge in [0.15, 0.2) is 0 Å². The molecule has 11 heteroatoms. The van der Waals surface area contributed by atoms with Crippen LogP contribution in [0, 0.1) is 0 Å². The van der Waals surface area contributed by atoms with E-state index in [1.165, 1.54) is 0 Å². The van der Waals surface area contributed by atoms with Crippen molar-refractivity contribution in [3.05, 3.63) is 0 Å². The van der Waals surface area contributed by atoms with Crippen molar-refractivity contribution in [1.29, 1.82) is 0 Å². The average molecular weight is 564 g/mol. The van der Waals surface area contributed by atoms with E-state index in [9.17, 15) is 4.57 Å². The first-order valence-electron chi connectivity index (χ1n) is 5.49. The van der Waals surface area contributed by atoms with Crippen molar-refractivity contribution >= 4 is 90.4 Å². The summed E-state index contributed by atoms with van der Waals surface area (Å²) in [7, 11) is -3.83. The van der Waals surface area contributed by atoms with Crippen LogP contribution >= 0.6 is 90.4 Å². The molecule has 4 nitrogen and oxygen atoms in total. The van der Waals surface area contributed by atoms with Crippen molar-refractivity contribution in [3.63, 3.8) is 0 Å². The Morgan fingerprint density at radius 1 is 0.750 bits per heavy atom. The van der Waals surface area contributed by atoms with Crippen molar-refractivity contribution in [2.45, 2.75) is 18.3 Å². The molecule has 0 aliphatic rings. The van der Waals surface area contributed by atoms with Gasteiger partial charge in [0.25, 0.3) is 0 Å². The topological polar surface area (TPSA) is 44.8 Å². The number of rotatable bonds is 12. The molecule has 122 valence electrons. The van der Waals surface area contributed by atoms with Crippen molar-refractivity contribution in [2.24, 2.45) is 0 Å². The van der Waals surface area contributed by atoms with Crippen LogP contribution in [0.3, 0.4) is 0 Å². The maximum atomic E-state index is 12.7. The predicted octanol–water partition coefficient (Wildman–Crippen LogP) is 5.15. The van der Waals surface area contributed by atoms with E-state index in [-0.39, 0.29) is 17.6 Å². The molecule has 0 amide bonds. The van der Waals surface area contributed by atoms with Crippen LogP contribution in [0.15, 0.2) is 0 Å². The van der Waals surface area contributed by atoms with Gasteiger partial charge >= 0.3 is 7.82 Å². The molecule has 0 saturated carbocycles. The van der Waals surface area contributed by atoms with Crippen molar-refractivity contribution in [1.82, 2.24) is 0 Å². The fraction of sp³-hybridized carbons (Fsp3) is 1.00. The molecule has 0 aromatic heterocycles. The Hall–Kier alpha value is 2.42. The summed E-state index contributed by atoms with van der Waals surface area (Å²) in [6.45, 7) is 0. The summed E-state index contributed by atoms with van der Waals surface area (Å²) in [5, 5.41) is 1.19. The summed E-state index contributed by atoms with van der Waals surface area (Å²) in [6, 6.07) is 0. The van der Waals surface area contributed by atoms with Crippen LogP contribution in [0.5, 0.6) is 0 Å². The van der Waals surface area contributed by atoms with Crippen molar-refractivity contribution in [2.75, 3.05) is 33.6 Å². The molecule has 3 atom stereocenters. The largest absolute Gasteiger partial charge is 0.475 e. The molecule has 0 aliphatic heterocycles. The second kappa shape index (κ2) is 12.8. The minimum atomic E-state index is -3.83. The number of phosphoric acid groups is 1. The lowest BCUT2D eigenvalue weighted by Crippen LogP contribution is -2.25. The lowest BCUT2D eigenvalue weighted by atomic mass is 10.5. The Kier molecular flexibility index (Phi) is 14.3. The summed E-state index contributed by atoms with van der Waals surface area (Å²) in [4.78, 5) is 0. The quantitative estimate of drug-likeness (QED) is 0.243. The van der Waals surface area contributed by atoms with Gasteiger partial charge in [-0.2, -0.15) is 0 Å². The first kappa shape index (κ1) is 22.4. The molecule has 0 fully saturated rings. The molecule has 0 unspecified atom stereocenters. The van der Waals surface area contributed by atoms with Crippen LogP contribution in [-0.2, 0) is 18.1 Å². The molecule has 0 spiro atoms. The van der Waals surface area contributed by atoms with Gasteiger partial charge in [0.2, 0.25) is 0 Å². The van der Waals surface area contributed by atoms with Gasteiger partial charge in [-0.05, 0) is 0 Å². The van der Waals surface area contributed by atoms with Crippen molar-refractivity contribution in [3.8, 4) is 0 Å². The molecule has 20 heavy (non-hydrogen) atoms. The second-order valence-electron chi connectivity index (χ2n) is 3.56. The normalized spacial score (nSPS) is 16.9. The van der Waals surface area contributed by atoms with Gasteiger partial charge in [-0.15, -0.1) is 34.8 Å². The van der Waals surface area contributed by atoms with Crippen LogP contribution in [-0.4, -0.2) is 51.9 Å². The van der Waals surface area contributed by atoms with E-state index in [1.807, 2.05) is 0 Å². The molecule has 0 bridgehead atoms. The SMILES string of the molecule is O=P(O[C@@H](CCl)CBr)(O[C@@H](CCl)CBr)O[C@@H](CCl)CBr. The van der Waals surface area contributed by atoms with E-state index in [0.29, 0.717) is 16.0 Å². The molecular formula is C9H15Br3Cl3O4P. The van der Waals surface area contributed by atoms with Crippen LogP contribution < -0.4 is 0 Å². The number of alkyl halides is 6. The summed E-state index contributed by atoms with van der Waals surface area (Å²) >= 11 is 26.8. The smallest absolute Gasteiger partial charge is 0.281 e. The Balaban J connectivity index is 4.95. The van der Waals surface area contributed by atoms with E-state index in [1.54, 1.807) is 0 Å². The molecule has 0 aliphatic carbocycles. The fourth-order valence-corrected chi connectivity index (χ4v) is 5.87. The van der Waals surface area contributed by atoms with Crippen LogP contribution in [0.2, 0.25) is 0 Å². The zero-order valence-electron chi connectivity index (χ0n) is 10.3. The number of hydrogen-bond donors (Lipinski definition) is 0. The molecule has 0 saturated heterocycles. The van der Waals surface area contributed by atoms with Crippen LogP contribution in [0.25, 0.3) is 0 Å². The minimum Gasteiger partial charge on any atom is -0.281 e. The Morgan fingerprint density at radius 3 is 1.15 bits per heavy atom. The third-order valence-corrected chi connectivity index (χ3v) is 6.74. The first-order valence-corrected chi connectivity index (χ1v) is 11.9. The summed E-state index contributed by atoms with van der Waals surface area (Å²) in [6.07, 6.45) is -1.54. The monoisotopic (exact) mass is 560 g/mol. The van der Waals surface area contributed by atoms with E-state index in [2.05, 4.69) is 47.8 Å². The predicted molar refractivity (Wildman–Crippen MR) is 95.8 cm³/mol. The van der Waals surface area contributed by atoms with Crippen molar-refractivity contribution < 1.29 is 18.1 Å². The zero-order valence-corrected chi connectivity index (χ0v) is 18.2. The molecular weight excluding hydrogens is 549 g/mol.